The van der Waals surface area contributed by atoms with Crippen LogP contribution in [0.2, 0.25) is 0 Å². The van der Waals surface area contributed by atoms with Crippen molar-refractivity contribution in [3.05, 3.63) is 24.3 Å². The van der Waals surface area contributed by atoms with Gasteiger partial charge in [0.2, 0.25) is 0 Å². The van der Waals surface area contributed by atoms with Gasteiger partial charge in [-0.25, -0.2) is 4.79 Å². The van der Waals surface area contributed by atoms with Gasteiger partial charge in [-0.1, -0.05) is 13.3 Å². The fraction of sp³-hybridized carbons (Fsp3) is 0.562. The molecule has 0 aliphatic rings. The van der Waals surface area contributed by atoms with Crippen LogP contribution in [0.3, 0.4) is 0 Å². The van der Waals surface area contributed by atoms with Crippen molar-refractivity contribution in [3.8, 4) is 5.75 Å². The molecule has 124 valence electrons. The molecule has 4 nitrogen and oxygen atoms in total. The van der Waals surface area contributed by atoms with E-state index in [-0.39, 0.29) is 6.04 Å². The van der Waals surface area contributed by atoms with E-state index >= 15 is 0 Å². The molecule has 0 aliphatic heterocycles. The molecule has 1 aromatic rings. The molecule has 1 atom stereocenters. The summed E-state index contributed by atoms with van der Waals surface area (Å²) in [5, 5.41) is 2.80. The maximum absolute atomic E-state index is 11.7. The molecule has 0 bridgehead atoms. The Morgan fingerprint density at radius 1 is 1.23 bits per heavy atom. The molecule has 1 rings (SSSR count). The molecule has 0 radical (unpaired) electrons. The molecule has 22 heavy (non-hydrogen) atoms. The van der Waals surface area contributed by atoms with Crippen molar-refractivity contribution in [2.45, 2.75) is 32.7 Å². The first-order valence-corrected chi connectivity index (χ1v) is 8.62. The summed E-state index contributed by atoms with van der Waals surface area (Å²) in [5.41, 5.74) is 1.01. The predicted molar refractivity (Wildman–Crippen MR) is 93.6 cm³/mol. The summed E-state index contributed by atoms with van der Waals surface area (Å²) < 4.78 is 5.27. The lowest BCUT2D eigenvalue weighted by molar-refractivity contribution is 0.196. The van der Waals surface area contributed by atoms with E-state index in [0.717, 1.165) is 31.6 Å². The van der Waals surface area contributed by atoms with Crippen molar-refractivity contribution < 1.29 is 9.53 Å². The Kier molecular flexibility index (Phi) is 9.09. The molecule has 0 spiro atoms. The number of hydrogen-bond donors (Lipinski definition) is 1. The molecule has 1 unspecified atom stereocenters. The molecule has 6 heteroatoms. The zero-order valence-corrected chi connectivity index (χ0v) is 14.7. The van der Waals surface area contributed by atoms with Crippen LogP contribution in [0.4, 0.5) is 10.5 Å². The van der Waals surface area contributed by atoms with E-state index in [0.29, 0.717) is 17.5 Å². The van der Waals surface area contributed by atoms with Crippen molar-refractivity contribution in [2.24, 2.45) is 0 Å². The lowest BCUT2D eigenvalue weighted by Crippen LogP contribution is -2.34. The topological polar surface area (TPSA) is 41.6 Å². The number of rotatable bonds is 9. The molecule has 1 amide bonds. The lowest BCUT2D eigenvalue weighted by atomic mass is 10.2. The number of benzene rings is 1. The molecule has 0 saturated heterocycles. The summed E-state index contributed by atoms with van der Waals surface area (Å²) in [7, 11) is 0. The van der Waals surface area contributed by atoms with Crippen LogP contribution in [0.15, 0.2) is 24.3 Å². The fourth-order valence-corrected chi connectivity index (χ4v) is 2.55. The van der Waals surface area contributed by atoms with Gasteiger partial charge >= 0.3 is 6.09 Å². The maximum Gasteiger partial charge on any atom is 0.412 e. The summed E-state index contributed by atoms with van der Waals surface area (Å²) in [5.74, 6) is 1.58. The second-order valence-electron chi connectivity index (χ2n) is 5.08. The largest absolute Gasteiger partial charge is 0.412 e. The SMILES string of the molecule is CCCC(C)NC(=O)Oc1ccc(N(CCCl)CCCl)cc1. The van der Waals surface area contributed by atoms with E-state index in [2.05, 4.69) is 17.1 Å². The molecule has 0 heterocycles. The first-order valence-electron chi connectivity index (χ1n) is 7.56. The van der Waals surface area contributed by atoms with Crippen molar-refractivity contribution in [1.82, 2.24) is 5.32 Å². The zero-order valence-electron chi connectivity index (χ0n) is 13.1. The number of alkyl halides is 2. The molecule has 0 aliphatic carbocycles. The Balaban J connectivity index is 2.58. The standard InChI is InChI=1S/C16H24Cl2N2O2/c1-3-4-13(2)19-16(21)22-15-7-5-14(6-8-15)20(11-9-17)12-10-18/h5-8,13H,3-4,9-12H2,1-2H3,(H,19,21). The van der Waals surface area contributed by atoms with Gasteiger partial charge in [-0.05, 0) is 37.6 Å². The highest BCUT2D eigenvalue weighted by Gasteiger charge is 2.10. The molecular formula is C16H24Cl2N2O2. The van der Waals surface area contributed by atoms with Crippen molar-refractivity contribution >= 4 is 35.0 Å². The molecule has 0 aromatic heterocycles. The average molecular weight is 347 g/mol. The van der Waals surface area contributed by atoms with Gasteiger partial charge in [0.1, 0.15) is 5.75 Å². The maximum atomic E-state index is 11.7. The number of halogens is 2. The minimum Gasteiger partial charge on any atom is -0.410 e. The highest BCUT2D eigenvalue weighted by molar-refractivity contribution is 6.18. The summed E-state index contributed by atoms with van der Waals surface area (Å²) in [6.07, 6.45) is 1.53. The van der Waals surface area contributed by atoms with Gasteiger partial charge in [-0.2, -0.15) is 0 Å². The Labute approximate surface area is 142 Å². The van der Waals surface area contributed by atoms with E-state index in [1.54, 1.807) is 12.1 Å². The van der Waals surface area contributed by atoms with Crippen LogP contribution in [-0.2, 0) is 0 Å². The van der Waals surface area contributed by atoms with Crippen molar-refractivity contribution in [3.63, 3.8) is 0 Å². The first kappa shape index (κ1) is 18.9. The molecular weight excluding hydrogens is 323 g/mol. The van der Waals surface area contributed by atoms with E-state index in [4.69, 9.17) is 27.9 Å². The Morgan fingerprint density at radius 2 is 1.82 bits per heavy atom. The Bertz CT molecular complexity index is 434. The first-order chi connectivity index (χ1) is 10.6. The van der Waals surface area contributed by atoms with Crippen LogP contribution < -0.4 is 15.0 Å². The molecule has 1 aromatic carbocycles. The number of carbonyl (C=O) groups is 1. The summed E-state index contributed by atoms with van der Waals surface area (Å²) in [4.78, 5) is 13.8. The average Bonchev–Trinajstić information content (AvgIpc) is 2.48. The molecule has 0 fully saturated rings. The van der Waals surface area contributed by atoms with Gasteiger partial charge in [0.25, 0.3) is 0 Å². The third kappa shape index (κ3) is 6.75. The van der Waals surface area contributed by atoms with Crippen LogP contribution in [0, 0.1) is 0 Å². The summed E-state index contributed by atoms with van der Waals surface area (Å²) >= 11 is 11.6. The van der Waals surface area contributed by atoms with E-state index in [1.807, 2.05) is 19.1 Å². The van der Waals surface area contributed by atoms with Crippen LogP contribution in [0.1, 0.15) is 26.7 Å². The monoisotopic (exact) mass is 346 g/mol. The highest BCUT2D eigenvalue weighted by atomic mass is 35.5. The lowest BCUT2D eigenvalue weighted by Gasteiger charge is -2.23. The molecule has 1 N–H and O–H groups in total. The van der Waals surface area contributed by atoms with Gasteiger partial charge < -0.3 is 15.0 Å². The van der Waals surface area contributed by atoms with Gasteiger partial charge in [0.15, 0.2) is 0 Å². The van der Waals surface area contributed by atoms with E-state index in [1.165, 1.54) is 0 Å². The van der Waals surface area contributed by atoms with E-state index < -0.39 is 6.09 Å². The number of carbonyl (C=O) groups excluding carboxylic acids is 1. The van der Waals surface area contributed by atoms with Crippen LogP contribution in [0.25, 0.3) is 0 Å². The summed E-state index contributed by atoms with van der Waals surface area (Å²) in [6, 6.07) is 7.46. The minimum absolute atomic E-state index is 0.111. The second-order valence-corrected chi connectivity index (χ2v) is 5.84. The smallest absolute Gasteiger partial charge is 0.410 e. The quantitative estimate of drug-likeness (QED) is 0.679. The Morgan fingerprint density at radius 3 is 2.32 bits per heavy atom. The van der Waals surface area contributed by atoms with Gasteiger partial charge in [-0.15, -0.1) is 23.2 Å². The van der Waals surface area contributed by atoms with Crippen LogP contribution in [-0.4, -0.2) is 37.0 Å². The summed E-state index contributed by atoms with van der Waals surface area (Å²) in [6.45, 7) is 5.49. The number of hydrogen-bond acceptors (Lipinski definition) is 3. The molecule has 0 saturated carbocycles. The Hall–Kier alpha value is -1.13. The number of ether oxygens (including phenoxy) is 1. The van der Waals surface area contributed by atoms with Crippen LogP contribution >= 0.6 is 23.2 Å². The number of amides is 1. The number of anilines is 1. The van der Waals surface area contributed by atoms with Gasteiger partial charge in [-0.3, -0.25) is 0 Å². The number of nitrogens with one attached hydrogen (secondary N) is 1. The van der Waals surface area contributed by atoms with Crippen LogP contribution in [0.5, 0.6) is 5.75 Å². The highest BCUT2D eigenvalue weighted by Crippen LogP contribution is 2.19. The zero-order chi connectivity index (χ0) is 16.4. The third-order valence-electron chi connectivity index (χ3n) is 3.21. The minimum atomic E-state index is -0.424. The van der Waals surface area contributed by atoms with Crippen molar-refractivity contribution in [2.75, 3.05) is 29.7 Å². The van der Waals surface area contributed by atoms with E-state index in [9.17, 15) is 4.79 Å². The van der Waals surface area contributed by atoms with Gasteiger partial charge in [0, 0.05) is 36.6 Å². The third-order valence-corrected chi connectivity index (χ3v) is 3.55. The second kappa shape index (κ2) is 10.6. The normalized spacial score (nSPS) is 11.8. The number of nitrogens with zero attached hydrogens (tertiary/aromatic N) is 1. The van der Waals surface area contributed by atoms with Crippen molar-refractivity contribution in [1.29, 1.82) is 0 Å². The van der Waals surface area contributed by atoms with Gasteiger partial charge in [0.05, 0.1) is 0 Å². The predicted octanol–water partition coefficient (Wildman–Crippen LogP) is 4.25. The fourth-order valence-electron chi connectivity index (χ4n) is 2.14.